The fourth-order valence-corrected chi connectivity index (χ4v) is 7.30. The molecule has 0 saturated carbocycles. The van der Waals surface area contributed by atoms with E-state index in [1.54, 1.807) is 65.0 Å². The molecule has 15 nitrogen and oxygen atoms in total. The number of aryl methyl sites for hydroxylation is 1. The van der Waals surface area contributed by atoms with Crippen molar-refractivity contribution in [2.75, 3.05) is 23.3 Å². The zero-order valence-corrected chi connectivity index (χ0v) is 40.2. The van der Waals surface area contributed by atoms with Gasteiger partial charge in [0.25, 0.3) is 0 Å². The first-order valence-electron chi connectivity index (χ1n) is 22.5. The minimum atomic E-state index is -1.55. The standard InChI is InChI=1S/C30H41NO7.C21H27NO6/c1-10-31(28(34)38-29(5,6)7)22-16-19(3)25-21(17-22)12-11-13-24-26(37-30(8,9)36-24)23(32)15-14-18(2)20(4)35-27(25)33;1-4-22-15-10-14-6-5-7-16(23)20(26)17(24)9-8-12(2)13(3)28-21(27)19(14)18(25)11-15/h11-12,14-18,20,24,26H,10,13H2,1-9H3;5-6,8-13,16,20,22-23,25-26H,4,7H2,1-3H3/b12-11+,15-14-;6-5+,9-8-/t18-,20+,24+,26-;12-,13+,16+,20+/m11/s1. The van der Waals surface area contributed by atoms with Crippen LogP contribution < -0.4 is 10.2 Å². The lowest BCUT2D eigenvalue weighted by Crippen LogP contribution is -2.37. The molecule has 5 rings (SSSR count). The van der Waals surface area contributed by atoms with Crippen molar-refractivity contribution in [2.45, 2.75) is 144 Å². The molecule has 2 aromatic carbocycles. The van der Waals surface area contributed by atoms with Gasteiger partial charge in [0.05, 0.1) is 17.8 Å². The lowest BCUT2D eigenvalue weighted by molar-refractivity contribution is -0.152. The van der Waals surface area contributed by atoms with Crippen LogP contribution in [-0.4, -0.2) is 106 Å². The number of amides is 1. The van der Waals surface area contributed by atoms with Gasteiger partial charge in [-0.3, -0.25) is 14.5 Å². The monoisotopic (exact) mass is 916 g/mol. The summed E-state index contributed by atoms with van der Waals surface area (Å²) in [5.74, 6) is -3.59. The number of cyclic esters (lactones) is 2. The number of hydrogen-bond donors (Lipinski definition) is 4. The normalized spacial score (nSPS) is 27.9. The van der Waals surface area contributed by atoms with Crippen molar-refractivity contribution in [3.8, 4) is 5.75 Å². The van der Waals surface area contributed by atoms with Crippen LogP contribution in [0.3, 0.4) is 0 Å². The van der Waals surface area contributed by atoms with E-state index in [4.69, 9.17) is 23.7 Å². The van der Waals surface area contributed by atoms with Crippen LogP contribution in [0.15, 0.2) is 60.7 Å². The molecule has 1 saturated heterocycles. The number of aliphatic hydroxyl groups excluding tert-OH is 2. The Hall–Kier alpha value is -5.61. The summed E-state index contributed by atoms with van der Waals surface area (Å²) in [7, 11) is 0. The molecular weight excluding hydrogens is 849 g/mol. The molecule has 0 unspecified atom stereocenters. The van der Waals surface area contributed by atoms with Crippen LogP contribution >= 0.6 is 0 Å². The Morgan fingerprint density at radius 3 is 1.94 bits per heavy atom. The highest BCUT2D eigenvalue weighted by atomic mass is 16.8. The SMILES string of the molecule is CCN(C(=O)OC(C)(C)C)c1cc(C)c2c(c1)/C=C/C[C@@H]1OC(C)(C)O[C@@H]1C(=O)/C=C\[C@@H](C)[C@H](C)OC2=O.CCNc1cc(O)c2c(c1)/C=C/C[C@H](O)[C@H](O)C(=O)/C=C\[C@@H](C)[C@H](C)OC2=O. The van der Waals surface area contributed by atoms with E-state index in [2.05, 4.69) is 5.32 Å². The van der Waals surface area contributed by atoms with Crippen molar-refractivity contribution in [1.29, 1.82) is 0 Å². The molecule has 4 N–H and O–H groups in total. The highest BCUT2D eigenvalue weighted by molar-refractivity contribution is 5.99. The number of aliphatic hydroxyl groups is 2. The summed E-state index contributed by atoms with van der Waals surface area (Å²) < 4.78 is 28.8. The summed E-state index contributed by atoms with van der Waals surface area (Å²) in [6.45, 7) is 22.7. The summed E-state index contributed by atoms with van der Waals surface area (Å²) in [5, 5.41) is 33.5. The molecule has 1 amide bonds. The Labute approximate surface area is 388 Å². The number of anilines is 2. The molecule has 3 heterocycles. The van der Waals surface area contributed by atoms with Crippen molar-refractivity contribution < 1.29 is 63.0 Å². The first-order chi connectivity index (χ1) is 30.9. The summed E-state index contributed by atoms with van der Waals surface area (Å²) >= 11 is 0. The van der Waals surface area contributed by atoms with Gasteiger partial charge in [0.15, 0.2) is 17.4 Å². The maximum Gasteiger partial charge on any atom is 0.414 e. The zero-order chi connectivity index (χ0) is 49.3. The largest absolute Gasteiger partial charge is 0.507 e. The van der Waals surface area contributed by atoms with Crippen molar-refractivity contribution >= 4 is 53.1 Å². The highest BCUT2D eigenvalue weighted by Crippen LogP contribution is 2.34. The molecule has 360 valence electrons. The number of phenolic OH excluding ortho intramolecular Hbond substituents is 1. The van der Waals surface area contributed by atoms with Gasteiger partial charge in [-0.15, -0.1) is 0 Å². The molecule has 15 heteroatoms. The third kappa shape index (κ3) is 14.2. The van der Waals surface area contributed by atoms with Gasteiger partial charge < -0.3 is 44.3 Å². The molecule has 0 aliphatic carbocycles. The van der Waals surface area contributed by atoms with Crippen LogP contribution in [0, 0.1) is 18.8 Å². The summed E-state index contributed by atoms with van der Waals surface area (Å²) in [6, 6.07) is 6.71. The number of ketones is 2. The van der Waals surface area contributed by atoms with Crippen LogP contribution in [0.5, 0.6) is 5.75 Å². The molecule has 1 fully saturated rings. The number of carbonyl (C=O) groups is 5. The molecular formula is C51H68N2O13. The number of hydrogen-bond acceptors (Lipinski definition) is 14. The average Bonchev–Trinajstić information content (AvgIpc) is 3.53. The second kappa shape index (κ2) is 22.7. The van der Waals surface area contributed by atoms with Gasteiger partial charge >= 0.3 is 18.0 Å². The second-order valence-corrected chi connectivity index (χ2v) is 18.3. The van der Waals surface area contributed by atoms with Crippen LogP contribution in [0.2, 0.25) is 0 Å². The van der Waals surface area contributed by atoms with Crippen molar-refractivity contribution in [2.24, 2.45) is 11.8 Å². The topological polar surface area (TPSA) is 207 Å². The van der Waals surface area contributed by atoms with Gasteiger partial charge in [0, 0.05) is 42.4 Å². The van der Waals surface area contributed by atoms with Gasteiger partial charge in [-0.1, -0.05) is 50.3 Å². The lowest BCUT2D eigenvalue weighted by Gasteiger charge is -2.27. The van der Waals surface area contributed by atoms with Crippen LogP contribution in [-0.2, 0) is 33.3 Å². The minimum Gasteiger partial charge on any atom is -0.507 e. The molecule has 8 atom stereocenters. The Morgan fingerprint density at radius 1 is 0.803 bits per heavy atom. The predicted molar refractivity (Wildman–Crippen MR) is 252 cm³/mol. The Morgan fingerprint density at radius 2 is 1.36 bits per heavy atom. The summed E-state index contributed by atoms with van der Waals surface area (Å²) in [6.07, 6.45) is 7.48. The number of fused-ring (bicyclic) bond motifs is 3. The number of ether oxygens (including phenoxy) is 5. The zero-order valence-electron chi connectivity index (χ0n) is 40.2. The van der Waals surface area contributed by atoms with Crippen molar-refractivity contribution in [3.63, 3.8) is 0 Å². The fraction of sp³-hybridized carbons (Fsp3) is 0.510. The maximum atomic E-state index is 13.4. The quantitative estimate of drug-likeness (QED) is 0.168. The molecule has 0 radical (unpaired) electrons. The highest BCUT2D eigenvalue weighted by Gasteiger charge is 2.44. The number of aromatic hydroxyl groups is 1. The van der Waals surface area contributed by atoms with E-state index in [0.29, 0.717) is 53.1 Å². The molecule has 2 aromatic rings. The minimum absolute atomic E-state index is 0.00656. The third-order valence-corrected chi connectivity index (χ3v) is 11.2. The van der Waals surface area contributed by atoms with Gasteiger partial charge in [0.2, 0.25) is 0 Å². The molecule has 3 aliphatic heterocycles. The summed E-state index contributed by atoms with van der Waals surface area (Å²) in [4.78, 5) is 65.5. The number of esters is 2. The molecule has 0 aromatic heterocycles. The summed E-state index contributed by atoms with van der Waals surface area (Å²) in [5.41, 5.74) is 2.69. The molecule has 66 heavy (non-hydrogen) atoms. The van der Waals surface area contributed by atoms with E-state index in [9.17, 15) is 39.3 Å². The average molecular weight is 917 g/mol. The van der Waals surface area contributed by atoms with Crippen LogP contribution in [0.4, 0.5) is 16.2 Å². The lowest BCUT2D eigenvalue weighted by atomic mass is 9.97. The van der Waals surface area contributed by atoms with Gasteiger partial charge in [-0.05, 0) is 129 Å². The number of nitrogens with zero attached hydrogens (tertiary/aromatic N) is 1. The Balaban J connectivity index is 0.000000302. The number of nitrogens with one attached hydrogen (secondary N) is 1. The van der Waals surface area contributed by atoms with Gasteiger partial charge in [0.1, 0.15) is 41.3 Å². The second-order valence-electron chi connectivity index (χ2n) is 18.3. The fourth-order valence-electron chi connectivity index (χ4n) is 7.30. The van der Waals surface area contributed by atoms with E-state index in [1.807, 2.05) is 60.6 Å². The maximum absolute atomic E-state index is 13.4. The van der Waals surface area contributed by atoms with Crippen LogP contribution in [0.1, 0.15) is 126 Å². The van der Waals surface area contributed by atoms with Gasteiger partial charge in [-0.25, -0.2) is 14.4 Å². The number of benzene rings is 2. The Bertz CT molecular complexity index is 2220. The number of carbonyl (C=O) groups excluding carboxylic acids is 5. The number of rotatable bonds is 4. The van der Waals surface area contributed by atoms with E-state index in [0.717, 1.165) is 0 Å². The van der Waals surface area contributed by atoms with Gasteiger partial charge in [-0.2, -0.15) is 0 Å². The molecule has 0 spiro atoms. The van der Waals surface area contributed by atoms with Crippen molar-refractivity contribution in [3.05, 3.63) is 88.5 Å². The van der Waals surface area contributed by atoms with E-state index < -0.39 is 71.8 Å². The first kappa shape index (κ1) is 53.0. The first-order valence-corrected chi connectivity index (χ1v) is 22.5. The van der Waals surface area contributed by atoms with E-state index in [-0.39, 0.29) is 35.4 Å². The van der Waals surface area contributed by atoms with E-state index >= 15 is 0 Å². The Kier molecular flexibility index (Phi) is 18.3. The smallest absolute Gasteiger partial charge is 0.414 e. The van der Waals surface area contributed by atoms with E-state index in [1.165, 1.54) is 35.3 Å². The van der Waals surface area contributed by atoms with Crippen LogP contribution in [0.25, 0.3) is 12.2 Å². The molecule has 3 aliphatic rings. The molecule has 0 bridgehead atoms. The third-order valence-electron chi connectivity index (χ3n) is 11.2. The number of phenols is 1. The predicted octanol–water partition coefficient (Wildman–Crippen LogP) is 8.27. The van der Waals surface area contributed by atoms with Crippen molar-refractivity contribution in [1.82, 2.24) is 0 Å².